The van der Waals surface area contributed by atoms with E-state index in [1.807, 2.05) is 43.3 Å². The molecule has 0 fully saturated rings. The number of furan rings is 1. The van der Waals surface area contributed by atoms with Gasteiger partial charge >= 0.3 is 6.03 Å². The number of urea groups is 1. The van der Waals surface area contributed by atoms with Gasteiger partial charge in [0.2, 0.25) is 5.91 Å². The van der Waals surface area contributed by atoms with Crippen LogP contribution in [0.2, 0.25) is 0 Å². The van der Waals surface area contributed by atoms with Crippen LogP contribution in [0.5, 0.6) is 0 Å². The van der Waals surface area contributed by atoms with Crippen LogP contribution in [0.3, 0.4) is 0 Å². The van der Waals surface area contributed by atoms with E-state index in [2.05, 4.69) is 5.32 Å². The molecule has 3 N–H and O–H groups in total. The molecule has 26 heavy (non-hydrogen) atoms. The third kappa shape index (κ3) is 2.79. The van der Waals surface area contributed by atoms with Crippen molar-refractivity contribution in [3.8, 4) is 0 Å². The molecule has 1 aromatic heterocycles. The quantitative estimate of drug-likeness (QED) is 0.760. The number of nitrogens with zero attached hydrogens (tertiary/aromatic N) is 1. The first-order valence-electron chi connectivity index (χ1n) is 8.49. The zero-order chi connectivity index (χ0) is 18.3. The second-order valence-corrected chi connectivity index (χ2v) is 6.44. The van der Waals surface area contributed by atoms with E-state index in [0.29, 0.717) is 12.2 Å². The van der Waals surface area contributed by atoms with Crippen molar-refractivity contribution in [3.63, 3.8) is 0 Å². The van der Waals surface area contributed by atoms with Gasteiger partial charge in [-0.25, -0.2) is 4.79 Å². The van der Waals surface area contributed by atoms with Gasteiger partial charge in [-0.05, 0) is 43.2 Å². The first kappa shape index (κ1) is 16.2. The Bertz CT molecular complexity index is 1020. The molecule has 0 aliphatic carbocycles. The zero-order valence-electron chi connectivity index (χ0n) is 14.4. The first-order chi connectivity index (χ1) is 12.5. The van der Waals surface area contributed by atoms with Gasteiger partial charge in [-0.1, -0.05) is 18.2 Å². The number of primary amides is 1. The summed E-state index contributed by atoms with van der Waals surface area (Å²) in [5, 5.41) is 3.89. The maximum Gasteiger partial charge on any atom is 0.319 e. The normalized spacial score (nSPS) is 13.0. The summed E-state index contributed by atoms with van der Waals surface area (Å²) >= 11 is 0. The number of carbonyl (C=O) groups is 2. The van der Waals surface area contributed by atoms with Crippen LogP contribution in [-0.2, 0) is 17.6 Å². The Balaban J connectivity index is 1.52. The molecule has 0 unspecified atom stereocenters. The highest BCUT2D eigenvalue weighted by molar-refractivity contribution is 5.97. The SMILES string of the molecule is Cc1oc2ccccc2c1CC(=O)Nc1ccc2c(c1)CCN2C(N)=O. The number of aryl methyl sites for hydroxylation is 1. The molecule has 2 heterocycles. The summed E-state index contributed by atoms with van der Waals surface area (Å²) < 4.78 is 5.72. The van der Waals surface area contributed by atoms with Crippen LogP contribution < -0.4 is 16.0 Å². The molecule has 3 aromatic rings. The molecule has 1 aliphatic heterocycles. The Morgan fingerprint density at radius 2 is 2.04 bits per heavy atom. The Labute approximate surface area is 150 Å². The van der Waals surface area contributed by atoms with Gasteiger partial charge in [-0.2, -0.15) is 0 Å². The maximum absolute atomic E-state index is 12.5. The summed E-state index contributed by atoms with van der Waals surface area (Å²) in [6.45, 7) is 2.44. The number of carbonyl (C=O) groups excluding carboxylic acids is 2. The van der Waals surface area contributed by atoms with Crippen LogP contribution in [0.15, 0.2) is 46.9 Å². The van der Waals surface area contributed by atoms with E-state index in [0.717, 1.165) is 40.0 Å². The van der Waals surface area contributed by atoms with E-state index < -0.39 is 6.03 Å². The third-order valence-electron chi connectivity index (χ3n) is 4.76. The van der Waals surface area contributed by atoms with Crippen molar-refractivity contribution in [1.29, 1.82) is 0 Å². The van der Waals surface area contributed by atoms with Gasteiger partial charge in [0.25, 0.3) is 0 Å². The smallest absolute Gasteiger partial charge is 0.319 e. The Kier molecular flexibility index (Phi) is 3.88. The Hall–Kier alpha value is -3.28. The molecule has 0 atom stereocenters. The van der Waals surface area contributed by atoms with E-state index >= 15 is 0 Å². The molecule has 2 aromatic carbocycles. The highest BCUT2D eigenvalue weighted by Gasteiger charge is 2.23. The van der Waals surface area contributed by atoms with Crippen molar-refractivity contribution in [2.45, 2.75) is 19.8 Å². The van der Waals surface area contributed by atoms with Crippen LogP contribution in [0.4, 0.5) is 16.2 Å². The second-order valence-electron chi connectivity index (χ2n) is 6.44. The first-order valence-corrected chi connectivity index (χ1v) is 8.49. The van der Waals surface area contributed by atoms with Crippen LogP contribution in [0.25, 0.3) is 11.0 Å². The Morgan fingerprint density at radius 3 is 2.85 bits per heavy atom. The highest BCUT2D eigenvalue weighted by Crippen LogP contribution is 2.30. The second kappa shape index (κ2) is 6.22. The van der Waals surface area contributed by atoms with Gasteiger partial charge < -0.3 is 15.5 Å². The molecule has 6 nitrogen and oxygen atoms in total. The van der Waals surface area contributed by atoms with Crippen LogP contribution in [0, 0.1) is 6.92 Å². The largest absolute Gasteiger partial charge is 0.461 e. The zero-order valence-corrected chi connectivity index (χ0v) is 14.4. The number of hydrogen-bond donors (Lipinski definition) is 2. The van der Waals surface area contributed by atoms with Gasteiger partial charge in [0, 0.05) is 28.9 Å². The summed E-state index contributed by atoms with van der Waals surface area (Å²) in [4.78, 5) is 25.5. The number of amides is 3. The molecule has 0 spiro atoms. The number of fused-ring (bicyclic) bond motifs is 2. The summed E-state index contributed by atoms with van der Waals surface area (Å²) in [5.41, 5.74) is 9.60. The molecule has 0 saturated carbocycles. The van der Waals surface area contributed by atoms with Crippen molar-refractivity contribution in [2.75, 3.05) is 16.8 Å². The van der Waals surface area contributed by atoms with E-state index in [9.17, 15) is 9.59 Å². The van der Waals surface area contributed by atoms with Gasteiger partial charge in [0.05, 0.1) is 6.42 Å². The van der Waals surface area contributed by atoms with Gasteiger partial charge in [-0.15, -0.1) is 0 Å². The number of hydrogen-bond acceptors (Lipinski definition) is 3. The van der Waals surface area contributed by atoms with Gasteiger partial charge in [0.15, 0.2) is 0 Å². The minimum atomic E-state index is -0.456. The van der Waals surface area contributed by atoms with Crippen LogP contribution in [-0.4, -0.2) is 18.5 Å². The third-order valence-corrected chi connectivity index (χ3v) is 4.76. The molecule has 0 bridgehead atoms. The maximum atomic E-state index is 12.5. The molecular weight excluding hydrogens is 330 g/mol. The van der Waals surface area contributed by atoms with Crippen molar-refractivity contribution >= 4 is 34.3 Å². The minimum Gasteiger partial charge on any atom is -0.461 e. The molecule has 132 valence electrons. The average molecular weight is 349 g/mol. The molecule has 1 aliphatic rings. The molecule has 0 radical (unpaired) electrons. The van der Waals surface area contributed by atoms with E-state index in [-0.39, 0.29) is 12.3 Å². The molecule has 0 saturated heterocycles. The number of nitrogens with one attached hydrogen (secondary N) is 1. The number of para-hydroxylation sites is 1. The minimum absolute atomic E-state index is 0.107. The van der Waals surface area contributed by atoms with Crippen LogP contribution >= 0.6 is 0 Å². The number of rotatable bonds is 3. The molecule has 3 amide bonds. The monoisotopic (exact) mass is 349 g/mol. The summed E-state index contributed by atoms with van der Waals surface area (Å²) in [6.07, 6.45) is 0.973. The standard InChI is InChI=1S/C20H19N3O3/c1-12-16(15-4-2-3-5-18(15)26-12)11-19(24)22-14-6-7-17-13(10-14)8-9-23(17)20(21)25/h2-7,10H,8-9,11H2,1H3,(H2,21,25)(H,22,24). The molecular formula is C20H19N3O3. The number of benzene rings is 2. The van der Waals surface area contributed by atoms with Crippen molar-refractivity contribution in [2.24, 2.45) is 5.73 Å². The summed E-state index contributed by atoms with van der Waals surface area (Å²) in [6, 6.07) is 12.8. The summed E-state index contributed by atoms with van der Waals surface area (Å²) in [7, 11) is 0. The molecule has 4 rings (SSSR count). The summed E-state index contributed by atoms with van der Waals surface area (Å²) in [5.74, 6) is 0.650. The lowest BCUT2D eigenvalue weighted by Crippen LogP contribution is -2.33. The fourth-order valence-corrected chi connectivity index (χ4v) is 3.52. The van der Waals surface area contributed by atoms with Crippen LogP contribution in [0.1, 0.15) is 16.9 Å². The van der Waals surface area contributed by atoms with E-state index in [1.165, 1.54) is 0 Å². The van der Waals surface area contributed by atoms with E-state index in [1.54, 1.807) is 11.0 Å². The predicted octanol–water partition coefficient (Wildman–Crippen LogP) is 3.36. The number of anilines is 2. The lowest BCUT2D eigenvalue weighted by atomic mass is 10.1. The topological polar surface area (TPSA) is 88.6 Å². The predicted molar refractivity (Wildman–Crippen MR) is 100 cm³/mol. The lowest BCUT2D eigenvalue weighted by Gasteiger charge is -2.14. The lowest BCUT2D eigenvalue weighted by molar-refractivity contribution is -0.115. The van der Waals surface area contributed by atoms with Crippen molar-refractivity contribution < 1.29 is 14.0 Å². The Morgan fingerprint density at radius 1 is 1.23 bits per heavy atom. The van der Waals surface area contributed by atoms with Gasteiger partial charge in [0.1, 0.15) is 11.3 Å². The van der Waals surface area contributed by atoms with Crippen molar-refractivity contribution in [1.82, 2.24) is 0 Å². The number of nitrogens with two attached hydrogens (primary N) is 1. The molecule has 6 heteroatoms. The fraction of sp³-hybridized carbons (Fsp3) is 0.200. The van der Waals surface area contributed by atoms with Crippen molar-refractivity contribution in [3.05, 3.63) is 59.4 Å². The van der Waals surface area contributed by atoms with E-state index in [4.69, 9.17) is 10.2 Å². The highest BCUT2D eigenvalue weighted by atomic mass is 16.3. The fourth-order valence-electron chi connectivity index (χ4n) is 3.52. The average Bonchev–Trinajstić information content (AvgIpc) is 3.16. The van der Waals surface area contributed by atoms with Gasteiger partial charge in [-0.3, -0.25) is 9.69 Å².